The Morgan fingerprint density at radius 1 is 1.00 bits per heavy atom. The van der Waals surface area contributed by atoms with E-state index >= 15 is 0 Å². The van der Waals surface area contributed by atoms with E-state index in [0.717, 1.165) is 22.3 Å². The first kappa shape index (κ1) is 18.3. The average Bonchev–Trinajstić information content (AvgIpc) is 2.68. The summed E-state index contributed by atoms with van der Waals surface area (Å²) >= 11 is 1.81. The molecule has 1 N–H and O–H groups in total. The molecule has 0 aliphatic carbocycles. The predicted octanol–water partition coefficient (Wildman–Crippen LogP) is 4.66. The van der Waals surface area contributed by atoms with Crippen molar-refractivity contribution in [3.8, 4) is 5.75 Å². The van der Waals surface area contributed by atoms with Crippen LogP contribution in [0.1, 0.15) is 12.5 Å². The quantitative estimate of drug-likeness (QED) is 0.590. The molecule has 26 heavy (non-hydrogen) atoms. The lowest BCUT2D eigenvalue weighted by atomic mass is 10.1. The molecule has 134 valence electrons. The third-order valence-electron chi connectivity index (χ3n) is 4.06. The lowest BCUT2D eigenvalue weighted by Crippen LogP contribution is -2.37. The third-order valence-corrected chi connectivity index (χ3v) is 5.09. The van der Waals surface area contributed by atoms with Crippen molar-refractivity contribution in [1.82, 2.24) is 5.32 Å². The van der Waals surface area contributed by atoms with Gasteiger partial charge in [0.15, 0.2) is 6.10 Å². The van der Waals surface area contributed by atoms with Crippen molar-refractivity contribution < 1.29 is 9.53 Å². The van der Waals surface area contributed by atoms with Crippen LogP contribution in [-0.4, -0.2) is 24.3 Å². The van der Waals surface area contributed by atoms with Crippen LogP contribution >= 0.6 is 11.8 Å². The smallest absolute Gasteiger partial charge is 0.260 e. The number of carbonyl (C=O) groups is 1. The van der Waals surface area contributed by atoms with Gasteiger partial charge < -0.3 is 10.1 Å². The Hall–Kier alpha value is -2.46. The summed E-state index contributed by atoms with van der Waals surface area (Å²) in [6, 6.07) is 24.3. The lowest BCUT2D eigenvalue weighted by Gasteiger charge is -2.15. The van der Waals surface area contributed by atoms with E-state index in [4.69, 9.17) is 4.74 Å². The molecule has 1 amide bonds. The molecule has 3 aromatic rings. The molecule has 0 aliphatic heterocycles. The lowest BCUT2D eigenvalue weighted by molar-refractivity contribution is -0.127. The first-order valence-electron chi connectivity index (χ1n) is 8.77. The highest BCUT2D eigenvalue weighted by Gasteiger charge is 2.14. The maximum atomic E-state index is 12.2. The molecule has 0 fully saturated rings. The van der Waals surface area contributed by atoms with Gasteiger partial charge in [-0.15, -0.1) is 0 Å². The molecule has 0 radical (unpaired) electrons. The van der Waals surface area contributed by atoms with Gasteiger partial charge in [-0.2, -0.15) is 11.8 Å². The number of rotatable bonds is 8. The van der Waals surface area contributed by atoms with Crippen molar-refractivity contribution in [2.24, 2.45) is 0 Å². The summed E-state index contributed by atoms with van der Waals surface area (Å²) < 4.78 is 5.79. The Bertz CT molecular complexity index is 851. The largest absolute Gasteiger partial charge is 0.481 e. The zero-order chi connectivity index (χ0) is 18.2. The van der Waals surface area contributed by atoms with Gasteiger partial charge in [0, 0.05) is 18.1 Å². The van der Waals surface area contributed by atoms with E-state index < -0.39 is 6.10 Å². The Morgan fingerprint density at radius 3 is 2.54 bits per heavy atom. The molecule has 0 saturated heterocycles. The highest BCUT2D eigenvalue weighted by molar-refractivity contribution is 7.98. The highest BCUT2D eigenvalue weighted by atomic mass is 32.2. The number of thioether (sulfide) groups is 1. The molecular formula is C22H23NO2S. The molecule has 3 rings (SSSR count). The first-order chi connectivity index (χ1) is 12.7. The van der Waals surface area contributed by atoms with Crippen molar-refractivity contribution in [2.75, 3.05) is 12.3 Å². The van der Waals surface area contributed by atoms with Crippen LogP contribution in [0.5, 0.6) is 5.75 Å². The van der Waals surface area contributed by atoms with Gasteiger partial charge in [0.25, 0.3) is 5.91 Å². The van der Waals surface area contributed by atoms with Gasteiger partial charge in [-0.1, -0.05) is 60.7 Å². The Balaban J connectivity index is 1.41. The van der Waals surface area contributed by atoms with Gasteiger partial charge in [0.2, 0.25) is 0 Å². The van der Waals surface area contributed by atoms with Crippen molar-refractivity contribution >= 4 is 28.4 Å². The van der Waals surface area contributed by atoms with E-state index in [0.29, 0.717) is 12.3 Å². The molecule has 3 nitrogen and oxygen atoms in total. The fourth-order valence-electron chi connectivity index (χ4n) is 2.65. The van der Waals surface area contributed by atoms with Crippen LogP contribution in [0.2, 0.25) is 0 Å². The van der Waals surface area contributed by atoms with Crippen LogP contribution in [0.25, 0.3) is 10.8 Å². The van der Waals surface area contributed by atoms with Crippen LogP contribution in [0.3, 0.4) is 0 Å². The SMILES string of the molecule is C[C@H](Oc1ccc2ccccc2c1)C(=O)NCCSCc1ccccc1. The van der Waals surface area contributed by atoms with Crippen molar-refractivity contribution in [1.29, 1.82) is 0 Å². The number of carbonyl (C=O) groups excluding carboxylic acids is 1. The summed E-state index contributed by atoms with van der Waals surface area (Å²) in [5.41, 5.74) is 1.30. The number of amides is 1. The summed E-state index contributed by atoms with van der Waals surface area (Å²) in [6.45, 7) is 2.42. The Kier molecular flexibility index (Phi) is 6.56. The predicted molar refractivity (Wildman–Crippen MR) is 110 cm³/mol. The van der Waals surface area contributed by atoms with Crippen LogP contribution in [-0.2, 0) is 10.5 Å². The second kappa shape index (κ2) is 9.30. The van der Waals surface area contributed by atoms with Gasteiger partial charge in [-0.05, 0) is 35.4 Å². The highest BCUT2D eigenvalue weighted by Crippen LogP contribution is 2.21. The van der Waals surface area contributed by atoms with E-state index in [1.54, 1.807) is 6.92 Å². The number of fused-ring (bicyclic) bond motifs is 1. The minimum Gasteiger partial charge on any atom is -0.481 e. The minimum absolute atomic E-state index is 0.0848. The van der Waals surface area contributed by atoms with E-state index in [1.807, 2.05) is 66.4 Å². The van der Waals surface area contributed by atoms with E-state index in [2.05, 4.69) is 23.5 Å². The molecule has 1 atom stereocenters. The zero-order valence-electron chi connectivity index (χ0n) is 14.9. The molecule has 0 unspecified atom stereocenters. The first-order valence-corrected chi connectivity index (χ1v) is 9.93. The molecular weight excluding hydrogens is 342 g/mol. The monoisotopic (exact) mass is 365 g/mol. The van der Waals surface area contributed by atoms with Gasteiger partial charge in [0.1, 0.15) is 5.75 Å². The summed E-state index contributed by atoms with van der Waals surface area (Å²) in [5, 5.41) is 5.21. The number of nitrogens with one attached hydrogen (secondary N) is 1. The van der Waals surface area contributed by atoms with Gasteiger partial charge in [0.05, 0.1) is 0 Å². The molecule has 0 heterocycles. The molecule has 0 saturated carbocycles. The number of ether oxygens (including phenoxy) is 1. The third kappa shape index (κ3) is 5.27. The van der Waals surface area contributed by atoms with Crippen LogP contribution < -0.4 is 10.1 Å². The average molecular weight is 365 g/mol. The molecule has 0 bridgehead atoms. The number of hydrogen-bond acceptors (Lipinski definition) is 3. The van der Waals surface area contributed by atoms with Crippen molar-refractivity contribution in [3.63, 3.8) is 0 Å². The standard InChI is InChI=1S/C22H23NO2S/c1-17(25-21-12-11-19-9-5-6-10-20(19)15-21)22(24)23-13-14-26-16-18-7-3-2-4-8-18/h2-12,15,17H,13-14,16H2,1H3,(H,23,24)/t17-/m0/s1. The van der Waals surface area contributed by atoms with E-state index in [9.17, 15) is 4.79 Å². The van der Waals surface area contributed by atoms with Crippen molar-refractivity contribution in [2.45, 2.75) is 18.8 Å². The van der Waals surface area contributed by atoms with Gasteiger partial charge in [-0.3, -0.25) is 4.79 Å². The fourth-order valence-corrected chi connectivity index (χ4v) is 3.47. The molecule has 0 aromatic heterocycles. The summed E-state index contributed by atoms with van der Waals surface area (Å²) in [4.78, 5) is 12.2. The van der Waals surface area contributed by atoms with Gasteiger partial charge in [-0.25, -0.2) is 0 Å². The molecule has 0 aliphatic rings. The molecule has 3 aromatic carbocycles. The van der Waals surface area contributed by atoms with E-state index in [-0.39, 0.29) is 5.91 Å². The molecule has 4 heteroatoms. The number of hydrogen-bond donors (Lipinski definition) is 1. The number of benzene rings is 3. The molecule has 0 spiro atoms. The second-order valence-corrected chi connectivity index (χ2v) is 7.20. The maximum absolute atomic E-state index is 12.2. The van der Waals surface area contributed by atoms with Crippen LogP contribution in [0, 0.1) is 0 Å². The maximum Gasteiger partial charge on any atom is 0.260 e. The van der Waals surface area contributed by atoms with Crippen LogP contribution in [0.4, 0.5) is 0 Å². The second-order valence-electron chi connectivity index (χ2n) is 6.10. The summed E-state index contributed by atoms with van der Waals surface area (Å²) in [7, 11) is 0. The fraction of sp³-hybridized carbons (Fsp3) is 0.227. The van der Waals surface area contributed by atoms with Crippen LogP contribution in [0.15, 0.2) is 72.8 Å². The zero-order valence-corrected chi connectivity index (χ0v) is 15.7. The normalized spacial score (nSPS) is 11.9. The summed E-state index contributed by atoms with van der Waals surface area (Å²) in [5.74, 6) is 2.46. The van der Waals surface area contributed by atoms with Crippen molar-refractivity contribution in [3.05, 3.63) is 78.4 Å². The summed E-state index contributed by atoms with van der Waals surface area (Å²) in [6.07, 6.45) is -0.518. The Labute approximate surface area is 158 Å². The van der Waals surface area contributed by atoms with E-state index in [1.165, 1.54) is 5.56 Å². The van der Waals surface area contributed by atoms with Gasteiger partial charge >= 0.3 is 0 Å². The minimum atomic E-state index is -0.518. The topological polar surface area (TPSA) is 38.3 Å². The Morgan fingerprint density at radius 2 is 1.73 bits per heavy atom.